The number of amides is 3. The second-order valence-electron chi connectivity index (χ2n) is 8.48. The maximum Gasteiger partial charge on any atom is 0.272 e. The van der Waals surface area contributed by atoms with Gasteiger partial charge in [0.1, 0.15) is 11.4 Å². The van der Waals surface area contributed by atoms with Crippen molar-refractivity contribution in [1.82, 2.24) is 5.32 Å². The number of benzene rings is 4. The molecule has 0 spiro atoms. The molecule has 3 amide bonds. The smallest absolute Gasteiger partial charge is 0.272 e. The Kier molecular flexibility index (Phi) is 9.99. The highest BCUT2D eigenvalue weighted by Crippen LogP contribution is 2.22. The zero-order valence-electron chi connectivity index (χ0n) is 21.5. The van der Waals surface area contributed by atoms with Crippen molar-refractivity contribution in [2.45, 2.75) is 4.90 Å². The summed E-state index contributed by atoms with van der Waals surface area (Å²) in [7, 11) is 1.56. The molecule has 0 aliphatic rings. The van der Waals surface area contributed by atoms with Gasteiger partial charge in [-0.1, -0.05) is 41.9 Å². The summed E-state index contributed by atoms with van der Waals surface area (Å²) in [5.41, 5.74) is 2.38. The van der Waals surface area contributed by atoms with Crippen molar-refractivity contribution in [3.63, 3.8) is 0 Å². The Labute approximate surface area is 241 Å². The Morgan fingerprint density at radius 3 is 2.20 bits per heavy atom. The van der Waals surface area contributed by atoms with Crippen LogP contribution in [0.25, 0.3) is 6.08 Å². The van der Waals surface area contributed by atoms with Crippen molar-refractivity contribution in [2.24, 2.45) is 0 Å². The topological polar surface area (TPSA) is 96.5 Å². The summed E-state index contributed by atoms with van der Waals surface area (Å²) in [5, 5.41) is 8.96. The highest BCUT2D eigenvalue weighted by molar-refractivity contribution is 8.00. The Morgan fingerprint density at radius 1 is 0.825 bits per heavy atom. The van der Waals surface area contributed by atoms with Crippen molar-refractivity contribution >= 4 is 58.5 Å². The minimum Gasteiger partial charge on any atom is -0.497 e. The minimum atomic E-state index is -0.491. The number of rotatable bonds is 10. The molecule has 4 aromatic carbocycles. The fourth-order valence-corrected chi connectivity index (χ4v) is 4.38. The molecule has 0 fully saturated rings. The van der Waals surface area contributed by atoms with Gasteiger partial charge in [0.2, 0.25) is 5.91 Å². The molecule has 40 heavy (non-hydrogen) atoms. The Morgan fingerprint density at radius 2 is 1.50 bits per heavy atom. The predicted octanol–water partition coefficient (Wildman–Crippen LogP) is 6.49. The Balaban J connectivity index is 1.41. The van der Waals surface area contributed by atoms with E-state index in [0.29, 0.717) is 33.3 Å². The van der Waals surface area contributed by atoms with Gasteiger partial charge < -0.3 is 20.7 Å². The van der Waals surface area contributed by atoms with Gasteiger partial charge in [0.05, 0.1) is 12.9 Å². The molecule has 7 nitrogen and oxygen atoms in total. The number of anilines is 2. The SMILES string of the molecule is COc1cccc(/C=C(\NC(=O)c2ccccc2)C(=O)Nc2ccc(SCC(=O)Nc3ccc(Cl)cc3)cc2)c1. The molecule has 0 saturated heterocycles. The Hall–Kier alpha value is -4.53. The lowest BCUT2D eigenvalue weighted by Gasteiger charge is -2.12. The third-order valence-corrected chi connectivity index (χ3v) is 6.81. The standard InChI is InChI=1S/C31H26ClN3O4S/c1-39-26-9-5-6-21(18-26)19-28(35-30(37)22-7-3-2-4-8-22)31(38)34-25-14-16-27(17-15-25)40-20-29(36)33-24-12-10-23(32)11-13-24/h2-19H,20H2,1H3,(H,33,36)(H,34,38)(H,35,37)/b28-19-. The van der Waals surface area contributed by atoms with Crippen LogP contribution in [0.1, 0.15) is 15.9 Å². The van der Waals surface area contributed by atoms with Crippen LogP contribution in [0.4, 0.5) is 11.4 Å². The minimum absolute atomic E-state index is 0.0689. The van der Waals surface area contributed by atoms with Gasteiger partial charge in [0.25, 0.3) is 11.8 Å². The van der Waals surface area contributed by atoms with Crippen molar-refractivity contribution in [3.8, 4) is 5.75 Å². The summed E-state index contributed by atoms with van der Waals surface area (Å²) in [6.45, 7) is 0. The van der Waals surface area contributed by atoms with E-state index in [-0.39, 0.29) is 17.4 Å². The maximum absolute atomic E-state index is 13.2. The largest absolute Gasteiger partial charge is 0.497 e. The van der Waals surface area contributed by atoms with E-state index in [1.54, 1.807) is 98.1 Å². The van der Waals surface area contributed by atoms with Gasteiger partial charge in [-0.15, -0.1) is 11.8 Å². The molecular formula is C31H26ClN3O4S. The van der Waals surface area contributed by atoms with Crippen LogP contribution in [0.15, 0.2) is 114 Å². The molecule has 3 N–H and O–H groups in total. The van der Waals surface area contributed by atoms with E-state index >= 15 is 0 Å². The van der Waals surface area contributed by atoms with Gasteiger partial charge >= 0.3 is 0 Å². The Bertz CT molecular complexity index is 1510. The van der Waals surface area contributed by atoms with Crippen LogP contribution in [-0.2, 0) is 9.59 Å². The van der Waals surface area contributed by atoms with Gasteiger partial charge in [-0.2, -0.15) is 0 Å². The molecule has 0 aromatic heterocycles. The zero-order valence-corrected chi connectivity index (χ0v) is 23.1. The van der Waals surface area contributed by atoms with Crippen molar-refractivity contribution in [3.05, 3.63) is 125 Å². The normalized spacial score (nSPS) is 10.9. The van der Waals surface area contributed by atoms with Crippen molar-refractivity contribution in [1.29, 1.82) is 0 Å². The van der Waals surface area contributed by atoms with E-state index in [1.165, 1.54) is 11.8 Å². The quantitative estimate of drug-likeness (QED) is 0.149. The fourth-order valence-electron chi connectivity index (χ4n) is 3.55. The molecule has 0 heterocycles. The summed E-state index contributed by atoms with van der Waals surface area (Å²) in [6.07, 6.45) is 1.59. The average molecular weight is 572 g/mol. The predicted molar refractivity (Wildman–Crippen MR) is 161 cm³/mol. The van der Waals surface area contributed by atoms with Gasteiger partial charge in [-0.25, -0.2) is 0 Å². The van der Waals surface area contributed by atoms with Crippen LogP contribution >= 0.6 is 23.4 Å². The maximum atomic E-state index is 13.2. The van der Waals surface area contributed by atoms with E-state index in [9.17, 15) is 14.4 Å². The number of carbonyl (C=O) groups is 3. The van der Waals surface area contributed by atoms with E-state index in [4.69, 9.17) is 16.3 Å². The first-order chi connectivity index (χ1) is 19.4. The monoisotopic (exact) mass is 571 g/mol. The highest BCUT2D eigenvalue weighted by atomic mass is 35.5. The molecule has 0 bridgehead atoms. The molecule has 4 rings (SSSR count). The third kappa shape index (κ3) is 8.49. The summed E-state index contributed by atoms with van der Waals surface area (Å²) in [5.74, 6) is -0.208. The first-order valence-corrected chi connectivity index (χ1v) is 13.6. The summed E-state index contributed by atoms with van der Waals surface area (Å²) >= 11 is 7.24. The van der Waals surface area contributed by atoms with Gasteiger partial charge in [-0.3, -0.25) is 14.4 Å². The van der Waals surface area contributed by atoms with E-state index in [2.05, 4.69) is 16.0 Å². The van der Waals surface area contributed by atoms with E-state index < -0.39 is 11.8 Å². The average Bonchev–Trinajstić information content (AvgIpc) is 2.98. The summed E-state index contributed by atoms with van der Waals surface area (Å²) in [6, 6.07) is 29.8. The van der Waals surface area contributed by atoms with Crippen LogP contribution in [0.3, 0.4) is 0 Å². The second-order valence-corrected chi connectivity index (χ2v) is 9.96. The lowest BCUT2D eigenvalue weighted by molar-refractivity contribution is -0.114. The van der Waals surface area contributed by atoms with Crippen molar-refractivity contribution < 1.29 is 19.1 Å². The number of methoxy groups -OCH3 is 1. The third-order valence-electron chi connectivity index (χ3n) is 5.54. The van der Waals surface area contributed by atoms with Crippen LogP contribution in [0.2, 0.25) is 5.02 Å². The van der Waals surface area contributed by atoms with Gasteiger partial charge in [-0.05, 0) is 84.4 Å². The van der Waals surface area contributed by atoms with Crippen LogP contribution in [-0.4, -0.2) is 30.6 Å². The highest BCUT2D eigenvalue weighted by Gasteiger charge is 2.15. The van der Waals surface area contributed by atoms with Gasteiger partial charge in [0.15, 0.2) is 0 Å². The number of ether oxygens (including phenoxy) is 1. The summed E-state index contributed by atoms with van der Waals surface area (Å²) in [4.78, 5) is 39.2. The lowest BCUT2D eigenvalue weighted by Crippen LogP contribution is -2.30. The molecule has 0 atom stereocenters. The molecule has 0 saturated carbocycles. The molecule has 0 aliphatic carbocycles. The number of hydrogen-bond acceptors (Lipinski definition) is 5. The lowest BCUT2D eigenvalue weighted by atomic mass is 10.1. The fraction of sp³-hybridized carbons (Fsp3) is 0.0645. The molecule has 4 aromatic rings. The zero-order chi connectivity index (χ0) is 28.3. The molecule has 0 aliphatic heterocycles. The number of nitrogens with one attached hydrogen (secondary N) is 3. The molecule has 0 radical (unpaired) electrons. The summed E-state index contributed by atoms with van der Waals surface area (Å²) < 4.78 is 5.27. The molecular weight excluding hydrogens is 546 g/mol. The van der Waals surface area contributed by atoms with E-state index in [0.717, 1.165) is 4.90 Å². The van der Waals surface area contributed by atoms with Crippen LogP contribution < -0.4 is 20.7 Å². The molecule has 0 unspecified atom stereocenters. The number of halogens is 1. The first kappa shape index (κ1) is 28.5. The second kappa shape index (κ2) is 14.0. The first-order valence-electron chi connectivity index (χ1n) is 12.2. The molecule has 202 valence electrons. The van der Waals surface area contributed by atoms with Gasteiger partial charge in [0, 0.05) is 26.9 Å². The van der Waals surface area contributed by atoms with E-state index in [1.807, 2.05) is 18.2 Å². The van der Waals surface area contributed by atoms with Crippen LogP contribution in [0.5, 0.6) is 5.75 Å². The number of carbonyl (C=O) groups excluding carboxylic acids is 3. The van der Waals surface area contributed by atoms with Crippen molar-refractivity contribution in [2.75, 3.05) is 23.5 Å². The van der Waals surface area contributed by atoms with Crippen LogP contribution in [0, 0.1) is 0 Å². The molecule has 9 heteroatoms. The number of thioether (sulfide) groups is 1. The number of hydrogen-bond donors (Lipinski definition) is 3.